The molecule has 124 valence electrons. The van der Waals surface area contributed by atoms with Crippen molar-refractivity contribution in [2.75, 3.05) is 0 Å². The van der Waals surface area contributed by atoms with Gasteiger partial charge < -0.3 is 0 Å². The summed E-state index contributed by atoms with van der Waals surface area (Å²) in [5.74, 6) is -3.00. The molecule has 0 saturated carbocycles. The molecule has 3 nitrogen and oxygen atoms in total. The summed E-state index contributed by atoms with van der Waals surface area (Å²) >= 11 is 8.21. The lowest BCUT2D eigenvalue weighted by molar-refractivity contribution is -0.0677. The highest BCUT2D eigenvalue weighted by Gasteiger charge is 2.53. The van der Waals surface area contributed by atoms with Gasteiger partial charge in [0.05, 0.1) is 22.3 Å². The van der Waals surface area contributed by atoms with Crippen molar-refractivity contribution in [1.29, 1.82) is 0 Å². The Morgan fingerprint density at radius 3 is 2.71 bits per heavy atom. The number of nitrogens with zero attached hydrogens (tertiary/aromatic N) is 3. The summed E-state index contributed by atoms with van der Waals surface area (Å²) in [4.78, 5) is 4.90. The first-order chi connectivity index (χ1) is 11.2. The molecule has 0 unspecified atom stereocenters. The van der Waals surface area contributed by atoms with Gasteiger partial charge >= 0.3 is 0 Å². The van der Waals surface area contributed by atoms with Gasteiger partial charge in [0, 0.05) is 15.6 Å². The van der Waals surface area contributed by atoms with Crippen molar-refractivity contribution < 1.29 is 8.78 Å². The van der Waals surface area contributed by atoms with Crippen LogP contribution in [0.1, 0.15) is 29.9 Å². The van der Waals surface area contributed by atoms with E-state index in [0.717, 1.165) is 20.2 Å². The molecule has 0 aromatic carbocycles. The molecule has 1 aliphatic heterocycles. The van der Waals surface area contributed by atoms with E-state index in [9.17, 15) is 8.78 Å². The third-order valence-corrected chi connectivity index (χ3v) is 6.30. The van der Waals surface area contributed by atoms with Gasteiger partial charge in [0.25, 0.3) is 5.92 Å². The third kappa shape index (κ3) is 2.16. The average molecular weight is 475 g/mol. The molecule has 3 aromatic heterocycles. The zero-order valence-corrected chi connectivity index (χ0v) is 16.6. The molecule has 1 aliphatic rings. The number of rotatable bonds is 1. The highest BCUT2D eigenvalue weighted by Crippen LogP contribution is 2.48. The van der Waals surface area contributed by atoms with Gasteiger partial charge in [-0.15, -0.1) is 11.3 Å². The number of fused-ring (bicyclic) bond motifs is 2. The molecule has 8 heteroatoms. The Morgan fingerprint density at radius 2 is 1.96 bits per heavy atom. The lowest BCUT2D eigenvalue weighted by atomic mass is 9.86. The minimum absolute atomic E-state index is 0.0398. The zero-order valence-electron chi connectivity index (χ0n) is 12.6. The van der Waals surface area contributed by atoms with E-state index in [1.165, 1.54) is 31.3 Å². The monoisotopic (exact) mass is 473 g/mol. The maximum atomic E-state index is 14.7. The molecule has 0 bridgehead atoms. The molecule has 0 spiro atoms. The lowest BCUT2D eigenvalue weighted by Gasteiger charge is -2.35. The first-order valence-corrected chi connectivity index (χ1v) is 9.58. The van der Waals surface area contributed by atoms with Crippen LogP contribution < -0.4 is 0 Å². The number of hydrogen-bond acceptors (Lipinski definition) is 3. The van der Waals surface area contributed by atoms with E-state index in [-0.39, 0.29) is 5.56 Å². The molecular formula is C16H11Br2F2N3S. The third-order valence-electron chi connectivity index (χ3n) is 4.18. The highest BCUT2D eigenvalue weighted by molar-refractivity contribution is 9.11. The summed E-state index contributed by atoms with van der Waals surface area (Å²) in [7, 11) is 0. The van der Waals surface area contributed by atoms with E-state index in [1.54, 1.807) is 16.1 Å². The van der Waals surface area contributed by atoms with Crippen molar-refractivity contribution in [2.45, 2.75) is 25.3 Å². The smallest absolute Gasteiger partial charge is 0.270 e. The molecular weight excluding hydrogens is 464 g/mol. The van der Waals surface area contributed by atoms with Crippen molar-refractivity contribution in [3.8, 4) is 0 Å². The Balaban J connectivity index is 1.97. The van der Waals surface area contributed by atoms with Crippen LogP contribution in [0.25, 0.3) is 5.52 Å². The van der Waals surface area contributed by atoms with Crippen LogP contribution in [0.4, 0.5) is 8.78 Å². The fourth-order valence-corrected chi connectivity index (χ4v) is 5.06. The largest absolute Gasteiger partial charge is 0.298 e. The topological polar surface area (TPSA) is 29.7 Å². The molecule has 0 saturated heterocycles. The molecule has 4 heterocycles. The number of aromatic nitrogens is 2. The molecule has 0 radical (unpaired) electrons. The van der Waals surface area contributed by atoms with E-state index in [1.807, 2.05) is 12.1 Å². The molecule has 0 N–H and O–H groups in total. The summed E-state index contributed by atoms with van der Waals surface area (Å²) in [6.45, 7) is 2.92. The predicted octanol–water partition coefficient (Wildman–Crippen LogP) is 5.64. The van der Waals surface area contributed by atoms with E-state index in [0.29, 0.717) is 10.6 Å². The molecule has 3 aromatic rings. The van der Waals surface area contributed by atoms with Crippen molar-refractivity contribution in [1.82, 2.24) is 9.61 Å². The van der Waals surface area contributed by atoms with Crippen LogP contribution in [0.5, 0.6) is 0 Å². The van der Waals surface area contributed by atoms with E-state index >= 15 is 0 Å². The van der Waals surface area contributed by atoms with Crippen LogP contribution in [-0.2, 0) is 5.92 Å². The van der Waals surface area contributed by atoms with Gasteiger partial charge in [-0.1, -0.05) is 0 Å². The zero-order chi connectivity index (χ0) is 17.3. The number of thiophene rings is 1. The van der Waals surface area contributed by atoms with Gasteiger partial charge in [0.2, 0.25) is 0 Å². The minimum Gasteiger partial charge on any atom is -0.270 e. The summed E-state index contributed by atoms with van der Waals surface area (Å²) in [6, 6.07) is 5.29. The quantitative estimate of drug-likeness (QED) is 0.448. The minimum atomic E-state index is -3.00. The first kappa shape index (κ1) is 16.4. The Labute approximate surface area is 157 Å². The second-order valence-corrected chi connectivity index (χ2v) is 8.70. The predicted molar refractivity (Wildman–Crippen MR) is 98.5 cm³/mol. The summed E-state index contributed by atoms with van der Waals surface area (Å²) < 4.78 is 32.8. The Bertz CT molecular complexity index is 1000. The van der Waals surface area contributed by atoms with E-state index < -0.39 is 11.5 Å². The summed E-state index contributed by atoms with van der Waals surface area (Å²) in [5.41, 5.74) is 0.659. The molecule has 4 rings (SSSR count). The highest BCUT2D eigenvalue weighted by atomic mass is 79.9. The molecule has 0 amide bonds. The summed E-state index contributed by atoms with van der Waals surface area (Å²) in [5, 5.41) is 6.08. The molecule has 0 aliphatic carbocycles. The van der Waals surface area contributed by atoms with Crippen molar-refractivity contribution in [3.05, 3.63) is 54.9 Å². The lowest BCUT2D eigenvalue weighted by Crippen LogP contribution is -2.43. The fraction of sp³-hybridized carbons (Fsp3) is 0.250. The van der Waals surface area contributed by atoms with Gasteiger partial charge in [0.1, 0.15) is 10.1 Å². The standard InChI is InChI=1S/C16H11Br2F2N3S/c1-15(2)16(19,20)9-3-4-24-14(9)13(22-15)8-5-11-10(17)6-12(18)23(11)21-7-8/h3-7H,1-2H3. The van der Waals surface area contributed by atoms with E-state index in [4.69, 9.17) is 0 Å². The summed E-state index contributed by atoms with van der Waals surface area (Å²) in [6.07, 6.45) is 1.66. The van der Waals surface area contributed by atoms with Crippen molar-refractivity contribution in [2.24, 2.45) is 4.99 Å². The van der Waals surface area contributed by atoms with Crippen LogP contribution in [0.3, 0.4) is 0 Å². The van der Waals surface area contributed by atoms with E-state index in [2.05, 4.69) is 42.0 Å². The van der Waals surface area contributed by atoms with Crippen molar-refractivity contribution >= 4 is 54.4 Å². The first-order valence-electron chi connectivity index (χ1n) is 7.11. The SMILES string of the molecule is CC1(C)N=C(c2cnn3c(Br)cc(Br)c3c2)c2sccc2C1(F)F. The Hall–Kier alpha value is -1.12. The Morgan fingerprint density at radius 1 is 1.21 bits per heavy atom. The molecule has 0 atom stereocenters. The van der Waals surface area contributed by atoms with Crippen LogP contribution in [-0.4, -0.2) is 20.9 Å². The van der Waals surface area contributed by atoms with Gasteiger partial charge in [-0.2, -0.15) is 13.9 Å². The second-order valence-electron chi connectivity index (χ2n) is 6.11. The van der Waals surface area contributed by atoms with Crippen LogP contribution in [0, 0.1) is 0 Å². The molecule has 24 heavy (non-hydrogen) atoms. The van der Waals surface area contributed by atoms with Gasteiger partial charge in [-0.3, -0.25) is 4.99 Å². The van der Waals surface area contributed by atoms with Gasteiger partial charge in [-0.05, 0) is 69.3 Å². The normalized spacial score (nSPS) is 18.5. The number of hydrogen-bond donors (Lipinski definition) is 0. The maximum Gasteiger partial charge on any atom is 0.298 e. The number of halogens is 4. The van der Waals surface area contributed by atoms with Crippen LogP contribution in [0.2, 0.25) is 0 Å². The van der Waals surface area contributed by atoms with Crippen molar-refractivity contribution in [3.63, 3.8) is 0 Å². The maximum absolute atomic E-state index is 14.7. The number of aliphatic imine (C=N–C) groups is 1. The number of alkyl halides is 2. The van der Waals surface area contributed by atoms with Crippen LogP contribution >= 0.6 is 43.2 Å². The van der Waals surface area contributed by atoms with Gasteiger partial charge in [0.15, 0.2) is 0 Å². The second kappa shape index (κ2) is 5.19. The van der Waals surface area contributed by atoms with Gasteiger partial charge in [-0.25, -0.2) is 4.52 Å². The fourth-order valence-electron chi connectivity index (χ4n) is 2.80. The average Bonchev–Trinajstić information content (AvgIpc) is 3.10. The van der Waals surface area contributed by atoms with Crippen LogP contribution in [0.15, 0.2) is 43.8 Å². The Kier molecular flexibility index (Phi) is 3.54. The molecule has 0 fully saturated rings.